The molecule has 0 radical (unpaired) electrons. The largest absolute Gasteiger partial charge is 0.436 e. The van der Waals surface area contributed by atoms with Gasteiger partial charge in [0.15, 0.2) is 6.10 Å². The SMILES string of the molecule is Nc1ncc(N2CCN(C(=O)C(Cc3ccc(Br)c(Br)c3)OC(=O)N3CCC(N4CCc5ccccc5NC4=O)CC3)CC2)cn1. The number of para-hydroxylation sites is 1. The molecule has 0 aliphatic carbocycles. The van der Waals surface area contributed by atoms with E-state index >= 15 is 0 Å². The van der Waals surface area contributed by atoms with Gasteiger partial charge in [-0.15, -0.1) is 0 Å². The first-order chi connectivity index (χ1) is 22.2. The molecule has 12 nitrogen and oxygen atoms in total. The van der Waals surface area contributed by atoms with Crippen LogP contribution < -0.4 is 16.0 Å². The second kappa shape index (κ2) is 14.2. The highest BCUT2D eigenvalue weighted by molar-refractivity contribution is 9.13. The number of halogens is 2. The number of hydrogen-bond donors (Lipinski definition) is 2. The smallest absolute Gasteiger partial charge is 0.410 e. The van der Waals surface area contributed by atoms with E-state index in [2.05, 4.69) is 52.0 Å². The number of ether oxygens (including phenoxy) is 1. The molecule has 2 saturated heterocycles. The molecule has 2 fully saturated rings. The lowest BCUT2D eigenvalue weighted by atomic mass is 10.0. The first-order valence-corrected chi connectivity index (χ1v) is 17.0. The van der Waals surface area contributed by atoms with Crippen molar-refractivity contribution in [2.45, 2.75) is 37.8 Å². The van der Waals surface area contributed by atoms with Crippen LogP contribution in [0.5, 0.6) is 0 Å². The van der Waals surface area contributed by atoms with Crippen molar-refractivity contribution in [1.82, 2.24) is 24.7 Å². The van der Waals surface area contributed by atoms with Gasteiger partial charge in [0, 0.05) is 72.9 Å². The third-order valence-electron chi connectivity index (χ3n) is 8.84. The lowest BCUT2D eigenvalue weighted by molar-refractivity contribution is -0.141. The number of likely N-dealkylation sites (tertiary alicyclic amines) is 1. The Labute approximate surface area is 284 Å². The standard InChI is InChI=1S/C32H36Br2N8O4/c33-25-6-5-21(17-26(25)34)18-28(29(43)40-15-13-39(14-16-40)24-19-36-30(35)37-20-24)46-32(45)41-10-8-23(9-11-41)42-12-7-22-3-1-2-4-27(22)38-31(42)44/h1-6,17,19-20,23,28H,7-16,18H2,(H,38,44)(H2,35,36,37). The molecule has 14 heteroatoms. The number of nitrogens with one attached hydrogen (secondary N) is 1. The van der Waals surface area contributed by atoms with Crippen LogP contribution in [0.2, 0.25) is 0 Å². The Balaban J connectivity index is 1.08. The number of anilines is 3. The van der Waals surface area contributed by atoms with Gasteiger partial charge in [-0.25, -0.2) is 19.6 Å². The van der Waals surface area contributed by atoms with Gasteiger partial charge in [0.2, 0.25) is 5.95 Å². The Morgan fingerprint density at radius 3 is 2.37 bits per heavy atom. The molecule has 2 aromatic carbocycles. The number of hydrogen-bond acceptors (Lipinski definition) is 8. The first-order valence-electron chi connectivity index (χ1n) is 15.4. The molecule has 4 heterocycles. The Bertz CT molecular complexity index is 1580. The van der Waals surface area contributed by atoms with Crippen molar-refractivity contribution >= 4 is 67.2 Å². The second-order valence-corrected chi connectivity index (χ2v) is 13.4. The zero-order valence-corrected chi connectivity index (χ0v) is 28.5. The van der Waals surface area contributed by atoms with Gasteiger partial charge in [-0.05, 0) is 80.4 Å². The van der Waals surface area contributed by atoms with Crippen LogP contribution in [0.25, 0.3) is 0 Å². The molecule has 0 saturated carbocycles. The normalized spacial score (nSPS) is 18.0. The third-order valence-corrected chi connectivity index (χ3v) is 10.7. The molecule has 4 amide bonds. The fourth-order valence-corrected chi connectivity index (χ4v) is 6.91. The molecular weight excluding hydrogens is 720 g/mol. The zero-order chi connectivity index (χ0) is 32.2. The Morgan fingerprint density at radius 2 is 1.65 bits per heavy atom. The van der Waals surface area contributed by atoms with Gasteiger partial charge < -0.3 is 35.4 Å². The highest BCUT2D eigenvalue weighted by Crippen LogP contribution is 2.27. The first kappa shape index (κ1) is 32.0. The number of carbonyl (C=O) groups excluding carboxylic acids is 3. The number of amides is 4. The molecule has 242 valence electrons. The van der Waals surface area contributed by atoms with Crippen LogP contribution in [-0.4, -0.2) is 101 Å². The van der Waals surface area contributed by atoms with E-state index in [1.807, 2.05) is 47.4 Å². The fraction of sp³-hybridized carbons (Fsp3) is 0.406. The van der Waals surface area contributed by atoms with Gasteiger partial charge in [0.1, 0.15) is 0 Å². The van der Waals surface area contributed by atoms with Crippen LogP contribution in [0.4, 0.5) is 26.9 Å². The van der Waals surface area contributed by atoms with Crippen molar-refractivity contribution in [3.63, 3.8) is 0 Å². The van der Waals surface area contributed by atoms with E-state index in [9.17, 15) is 14.4 Å². The summed E-state index contributed by atoms with van der Waals surface area (Å²) >= 11 is 7.03. The molecular formula is C32H36Br2N8O4. The maximum Gasteiger partial charge on any atom is 0.410 e. The van der Waals surface area contributed by atoms with Gasteiger partial charge in [-0.1, -0.05) is 24.3 Å². The molecule has 3 N–H and O–H groups in total. The molecule has 46 heavy (non-hydrogen) atoms. The topological polar surface area (TPSA) is 137 Å². The van der Waals surface area contributed by atoms with E-state index in [1.54, 1.807) is 22.2 Å². The summed E-state index contributed by atoms with van der Waals surface area (Å²) in [6.07, 6.45) is 4.14. The van der Waals surface area contributed by atoms with Crippen molar-refractivity contribution in [2.75, 3.05) is 61.8 Å². The number of nitrogen functional groups attached to an aromatic ring is 1. The van der Waals surface area contributed by atoms with Gasteiger partial charge in [-0.2, -0.15) is 0 Å². The summed E-state index contributed by atoms with van der Waals surface area (Å²) in [5.74, 6) is -0.0132. The summed E-state index contributed by atoms with van der Waals surface area (Å²) in [5, 5.41) is 3.04. The van der Waals surface area contributed by atoms with Gasteiger partial charge >= 0.3 is 12.1 Å². The van der Waals surface area contributed by atoms with E-state index in [0.29, 0.717) is 58.7 Å². The van der Waals surface area contributed by atoms with Gasteiger partial charge in [0.25, 0.3) is 5.91 Å². The van der Waals surface area contributed by atoms with Crippen molar-refractivity contribution in [3.8, 4) is 0 Å². The molecule has 1 aromatic heterocycles. The van der Waals surface area contributed by atoms with E-state index in [0.717, 1.165) is 37.9 Å². The summed E-state index contributed by atoms with van der Waals surface area (Å²) in [6.45, 7) is 3.61. The molecule has 0 spiro atoms. The number of nitrogens with zero attached hydrogens (tertiary/aromatic N) is 6. The van der Waals surface area contributed by atoms with E-state index in [4.69, 9.17) is 10.5 Å². The second-order valence-electron chi connectivity index (χ2n) is 11.7. The number of urea groups is 1. The number of piperazine rings is 1. The van der Waals surface area contributed by atoms with Crippen LogP contribution >= 0.6 is 31.9 Å². The number of rotatable bonds is 6. The molecule has 1 atom stereocenters. The van der Waals surface area contributed by atoms with Gasteiger partial charge in [0.05, 0.1) is 18.1 Å². The van der Waals surface area contributed by atoms with E-state index < -0.39 is 12.2 Å². The third kappa shape index (κ3) is 7.38. The summed E-state index contributed by atoms with van der Waals surface area (Å²) in [5.41, 5.74) is 9.31. The Hall–Kier alpha value is -3.91. The molecule has 0 bridgehead atoms. The van der Waals surface area contributed by atoms with Crippen LogP contribution in [0.3, 0.4) is 0 Å². The number of carbonyl (C=O) groups is 3. The van der Waals surface area contributed by atoms with Crippen LogP contribution in [-0.2, 0) is 22.4 Å². The lowest BCUT2D eigenvalue weighted by Crippen LogP contribution is -2.54. The predicted molar refractivity (Wildman–Crippen MR) is 182 cm³/mol. The Morgan fingerprint density at radius 1 is 0.935 bits per heavy atom. The van der Waals surface area contributed by atoms with Crippen molar-refractivity contribution in [1.29, 1.82) is 0 Å². The maximum absolute atomic E-state index is 13.9. The summed E-state index contributed by atoms with van der Waals surface area (Å²) in [4.78, 5) is 56.0. The molecule has 6 rings (SSSR count). The number of piperidine rings is 1. The van der Waals surface area contributed by atoms with Crippen molar-refractivity contribution < 1.29 is 19.1 Å². The lowest BCUT2D eigenvalue weighted by Gasteiger charge is -2.39. The van der Waals surface area contributed by atoms with E-state index in [1.165, 1.54) is 0 Å². The molecule has 1 unspecified atom stereocenters. The molecule has 3 aromatic rings. The quantitative estimate of drug-likeness (QED) is 0.375. The molecule has 3 aliphatic heterocycles. The zero-order valence-electron chi connectivity index (χ0n) is 25.3. The minimum Gasteiger partial charge on any atom is -0.436 e. The number of aromatic nitrogens is 2. The predicted octanol–water partition coefficient (Wildman–Crippen LogP) is 4.53. The van der Waals surface area contributed by atoms with Crippen LogP contribution in [0, 0.1) is 0 Å². The Kier molecular flexibility index (Phi) is 9.92. The minimum absolute atomic E-state index is 0.0126. The van der Waals surface area contributed by atoms with Crippen LogP contribution in [0.1, 0.15) is 24.0 Å². The number of fused-ring (bicyclic) bond motifs is 1. The monoisotopic (exact) mass is 754 g/mol. The van der Waals surface area contributed by atoms with Crippen LogP contribution in [0.15, 0.2) is 63.8 Å². The van der Waals surface area contributed by atoms with Crippen molar-refractivity contribution in [2.24, 2.45) is 0 Å². The van der Waals surface area contributed by atoms with Crippen molar-refractivity contribution in [3.05, 3.63) is 74.9 Å². The molecule has 3 aliphatic rings. The number of benzene rings is 2. The summed E-state index contributed by atoms with van der Waals surface area (Å²) in [7, 11) is 0. The highest BCUT2D eigenvalue weighted by atomic mass is 79.9. The maximum atomic E-state index is 13.9. The van der Waals surface area contributed by atoms with E-state index in [-0.39, 0.29) is 30.3 Å². The fourth-order valence-electron chi connectivity index (χ4n) is 6.24. The average Bonchev–Trinajstić information content (AvgIpc) is 3.24. The summed E-state index contributed by atoms with van der Waals surface area (Å²) in [6, 6.07) is 13.5. The summed E-state index contributed by atoms with van der Waals surface area (Å²) < 4.78 is 7.74. The average molecular weight is 756 g/mol. The highest BCUT2D eigenvalue weighted by Gasteiger charge is 2.35. The number of nitrogens with two attached hydrogens (primary N) is 1. The minimum atomic E-state index is -0.986. The van der Waals surface area contributed by atoms with Gasteiger partial charge in [-0.3, -0.25) is 4.79 Å².